The van der Waals surface area contributed by atoms with Crippen LogP contribution in [0.1, 0.15) is 31.0 Å². The molecule has 0 fully saturated rings. The number of rotatable bonds is 5. The van der Waals surface area contributed by atoms with Gasteiger partial charge in [-0.05, 0) is 60.0 Å². The summed E-state index contributed by atoms with van der Waals surface area (Å²) in [6, 6.07) is 15.8. The number of benzene rings is 2. The van der Waals surface area contributed by atoms with Crippen molar-refractivity contribution in [2.24, 2.45) is 0 Å². The molecule has 0 bridgehead atoms. The second-order valence-corrected chi connectivity index (χ2v) is 6.35. The molecule has 4 heteroatoms. The van der Waals surface area contributed by atoms with E-state index in [2.05, 4.69) is 45.6 Å². The second-order valence-electron chi connectivity index (χ2n) is 5.49. The van der Waals surface area contributed by atoms with Crippen LogP contribution in [-0.2, 0) is 4.79 Å². The first-order valence-corrected chi connectivity index (χ1v) is 8.14. The topological polar surface area (TPSA) is 41.1 Å². The number of nitrogens with one attached hydrogen (secondary N) is 2. The highest BCUT2D eigenvalue weighted by Gasteiger charge is 2.17. The summed E-state index contributed by atoms with van der Waals surface area (Å²) in [7, 11) is 0. The lowest BCUT2D eigenvalue weighted by Gasteiger charge is -2.20. The van der Waals surface area contributed by atoms with Gasteiger partial charge in [0.2, 0.25) is 5.91 Å². The Labute approximate surface area is 140 Å². The van der Waals surface area contributed by atoms with Crippen LogP contribution in [0.25, 0.3) is 0 Å². The van der Waals surface area contributed by atoms with Crippen molar-refractivity contribution >= 4 is 27.5 Å². The van der Waals surface area contributed by atoms with Gasteiger partial charge >= 0.3 is 0 Å². The molecule has 2 rings (SSSR count). The van der Waals surface area contributed by atoms with Crippen molar-refractivity contribution in [2.45, 2.75) is 32.9 Å². The predicted molar refractivity (Wildman–Crippen MR) is 95.0 cm³/mol. The molecule has 2 atom stereocenters. The maximum atomic E-state index is 12.3. The Bertz CT molecular complexity index is 643. The Morgan fingerprint density at radius 1 is 1.09 bits per heavy atom. The average molecular weight is 361 g/mol. The number of halogens is 1. The van der Waals surface area contributed by atoms with Crippen molar-refractivity contribution in [2.75, 3.05) is 5.32 Å². The summed E-state index contributed by atoms with van der Waals surface area (Å²) in [5.41, 5.74) is 3.10. The average Bonchev–Trinajstić information content (AvgIpc) is 2.50. The molecule has 0 saturated heterocycles. The van der Waals surface area contributed by atoms with Gasteiger partial charge in [0.05, 0.1) is 11.7 Å². The van der Waals surface area contributed by atoms with E-state index in [4.69, 9.17) is 0 Å². The summed E-state index contributed by atoms with van der Waals surface area (Å²) in [6.07, 6.45) is 0. The number of amides is 1. The molecule has 0 heterocycles. The summed E-state index contributed by atoms with van der Waals surface area (Å²) < 4.78 is 0.893. The normalized spacial score (nSPS) is 13.5. The van der Waals surface area contributed by atoms with E-state index in [9.17, 15) is 4.79 Å². The van der Waals surface area contributed by atoms with Crippen LogP contribution in [0.2, 0.25) is 0 Å². The molecule has 2 aromatic rings. The lowest BCUT2D eigenvalue weighted by atomic mass is 10.1. The van der Waals surface area contributed by atoms with Crippen molar-refractivity contribution in [3.05, 3.63) is 64.1 Å². The van der Waals surface area contributed by atoms with Crippen LogP contribution in [0.5, 0.6) is 0 Å². The standard InChI is InChI=1S/C18H21BrN2O/c1-12-9-10-17(16(19)11-12)21-18(22)14(3)20-13(2)15-7-5-4-6-8-15/h4-11,13-14,20H,1-3H3,(H,21,22)/t13-,14+/m1/s1. The van der Waals surface area contributed by atoms with E-state index in [0.717, 1.165) is 15.7 Å². The van der Waals surface area contributed by atoms with E-state index < -0.39 is 0 Å². The van der Waals surface area contributed by atoms with E-state index >= 15 is 0 Å². The second kappa shape index (κ2) is 7.56. The molecule has 0 saturated carbocycles. The molecule has 2 aromatic carbocycles. The summed E-state index contributed by atoms with van der Waals surface area (Å²) >= 11 is 3.48. The molecule has 0 aromatic heterocycles. The number of aryl methyl sites for hydroxylation is 1. The van der Waals surface area contributed by atoms with E-state index in [1.54, 1.807) is 0 Å². The lowest BCUT2D eigenvalue weighted by Crippen LogP contribution is -2.39. The van der Waals surface area contributed by atoms with E-state index in [0.29, 0.717) is 0 Å². The molecule has 0 aliphatic carbocycles. The fourth-order valence-corrected chi connectivity index (χ4v) is 2.84. The van der Waals surface area contributed by atoms with Crippen LogP contribution < -0.4 is 10.6 Å². The van der Waals surface area contributed by atoms with Gasteiger partial charge in [0.1, 0.15) is 0 Å². The largest absolute Gasteiger partial charge is 0.324 e. The van der Waals surface area contributed by atoms with Crippen molar-refractivity contribution in [3.8, 4) is 0 Å². The maximum absolute atomic E-state index is 12.3. The maximum Gasteiger partial charge on any atom is 0.241 e. The Morgan fingerprint density at radius 3 is 2.41 bits per heavy atom. The van der Waals surface area contributed by atoms with Gasteiger partial charge in [-0.1, -0.05) is 36.4 Å². The van der Waals surface area contributed by atoms with Crippen LogP contribution >= 0.6 is 15.9 Å². The van der Waals surface area contributed by atoms with Crippen LogP contribution in [0.15, 0.2) is 53.0 Å². The quantitative estimate of drug-likeness (QED) is 0.827. The molecule has 116 valence electrons. The van der Waals surface area contributed by atoms with Crippen molar-refractivity contribution in [1.82, 2.24) is 5.32 Å². The summed E-state index contributed by atoms with van der Waals surface area (Å²) in [5.74, 6) is -0.0488. The van der Waals surface area contributed by atoms with E-state index in [1.807, 2.05) is 50.2 Å². The number of carbonyl (C=O) groups excluding carboxylic acids is 1. The Morgan fingerprint density at radius 2 is 1.77 bits per heavy atom. The molecule has 1 amide bonds. The predicted octanol–water partition coefficient (Wildman–Crippen LogP) is 4.44. The van der Waals surface area contributed by atoms with Gasteiger partial charge < -0.3 is 5.32 Å². The van der Waals surface area contributed by atoms with E-state index in [-0.39, 0.29) is 18.0 Å². The number of hydrogen-bond donors (Lipinski definition) is 2. The highest BCUT2D eigenvalue weighted by molar-refractivity contribution is 9.10. The van der Waals surface area contributed by atoms with Crippen LogP contribution in [0.3, 0.4) is 0 Å². The molecule has 0 aliphatic heterocycles. The van der Waals surface area contributed by atoms with Gasteiger partial charge in [0.15, 0.2) is 0 Å². The molecular weight excluding hydrogens is 340 g/mol. The highest BCUT2D eigenvalue weighted by atomic mass is 79.9. The molecule has 3 nitrogen and oxygen atoms in total. The van der Waals surface area contributed by atoms with Gasteiger partial charge in [-0.2, -0.15) is 0 Å². The van der Waals surface area contributed by atoms with E-state index in [1.165, 1.54) is 5.56 Å². The Hall–Kier alpha value is -1.65. The fraction of sp³-hybridized carbons (Fsp3) is 0.278. The minimum absolute atomic E-state index is 0.0488. The fourth-order valence-electron chi connectivity index (χ4n) is 2.25. The zero-order valence-electron chi connectivity index (χ0n) is 13.1. The van der Waals surface area contributed by atoms with Crippen LogP contribution in [-0.4, -0.2) is 11.9 Å². The molecule has 0 radical (unpaired) electrons. The Balaban J connectivity index is 1.97. The van der Waals surface area contributed by atoms with Crippen molar-refractivity contribution in [3.63, 3.8) is 0 Å². The van der Waals surface area contributed by atoms with Gasteiger partial charge in [0, 0.05) is 10.5 Å². The summed E-state index contributed by atoms with van der Waals surface area (Å²) in [5, 5.41) is 6.27. The lowest BCUT2D eigenvalue weighted by molar-refractivity contribution is -0.117. The van der Waals surface area contributed by atoms with Crippen LogP contribution in [0.4, 0.5) is 5.69 Å². The van der Waals surface area contributed by atoms with Crippen molar-refractivity contribution < 1.29 is 4.79 Å². The zero-order valence-corrected chi connectivity index (χ0v) is 14.6. The first-order valence-electron chi connectivity index (χ1n) is 7.35. The molecule has 0 spiro atoms. The first kappa shape index (κ1) is 16.7. The van der Waals surface area contributed by atoms with Gasteiger partial charge in [0.25, 0.3) is 0 Å². The third-order valence-electron chi connectivity index (χ3n) is 3.58. The highest BCUT2D eigenvalue weighted by Crippen LogP contribution is 2.23. The minimum atomic E-state index is -0.289. The molecule has 0 unspecified atom stereocenters. The first-order chi connectivity index (χ1) is 10.5. The Kier molecular flexibility index (Phi) is 5.75. The third kappa shape index (κ3) is 4.42. The van der Waals surface area contributed by atoms with Gasteiger partial charge in [-0.15, -0.1) is 0 Å². The monoisotopic (exact) mass is 360 g/mol. The smallest absolute Gasteiger partial charge is 0.241 e. The third-order valence-corrected chi connectivity index (χ3v) is 4.23. The van der Waals surface area contributed by atoms with Crippen LogP contribution in [0, 0.1) is 6.92 Å². The summed E-state index contributed by atoms with van der Waals surface area (Å²) in [6.45, 7) is 5.94. The zero-order chi connectivity index (χ0) is 16.1. The molecule has 0 aliphatic rings. The SMILES string of the molecule is Cc1ccc(NC(=O)[C@H](C)N[C@H](C)c2ccccc2)c(Br)c1. The van der Waals surface area contributed by atoms with Crippen molar-refractivity contribution in [1.29, 1.82) is 0 Å². The minimum Gasteiger partial charge on any atom is -0.324 e. The molecule has 22 heavy (non-hydrogen) atoms. The van der Waals surface area contributed by atoms with Gasteiger partial charge in [-0.25, -0.2) is 0 Å². The number of hydrogen-bond acceptors (Lipinski definition) is 2. The summed E-state index contributed by atoms with van der Waals surface area (Å²) in [4.78, 5) is 12.3. The number of carbonyl (C=O) groups is 1. The molecule has 2 N–H and O–H groups in total. The van der Waals surface area contributed by atoms with Gasteiger partial charge in [-0.3, -0.25) is 10.1 Å². The molecular formula is C18H21BrN2O. The number of anilines is 1.